The van der Waals surface area contributed by atoms with Crippen molar-refractivity contribution in [3.05, 3.63) is 24.3 Å². The standard InChI is InChI=1S/C13H16N4O.ClH/c14-12-13(18-8-9-5-6-15-7-9)17-11-4-2-1-3-10(11)16-12;/h1-4,9,15H,5-8H2,(H2,14,16);1H. The molecule has 6 heteroatoms. The fourth-order valence-corrected chi connectivity index (χ4v) is 2.16. The van der Waals surface area contributed by atoms with E-state index in [9.17, 15) is 0 Å². The van der Waals surface area contributed by atoms with Gasteiger partial charge in [0.15, 0.2) is 5.82 Å². The zero-order chi connectivity index (χ0) is 12.4. The average Bonchev–Trinajstić information content (AvgIpc) is 2.89. The summed E-state index contributed by atoms with van der Waals surface area (Å²) in [7, 11) is 0. The molecule has 102 valence electrons. The second-order valence-corrected chi connectivity index (χ2v) is 4.57. The third-order valence-electron chi connectivity index (χ3n) is 3.18. The molecule has 1 saturated heterocycles. The lowest BCUT2D eigenvalue weighted by atomic mass is 10.1. The maximum absolute atomic E-state index is 5.86. The van der Waals surface area contributed by atoms with Crippen LogP contribution in [-0.2, 0) is 0 Å². The molecule has 1 atom stereocenters. The number of fused-ring (bicyclic) bond motifs is 1. The van der Waals surface area contributed by atoms with Crippen molar-refractivity contribution >= 4 is 29.3 Å². The Labute approximate surface area is 118 Å². The van der Waals surface area contributed by atoms with Gasteiger partial charge in [0.2, 0.25) is 0 Å². The van der Waals surface area contributed by atoms with Crippen LogP contribution in [0.4, 0.5) is 5.82 Å². The second-order valence-electron chi connectivity index (χ2n) is 4.57. The summed E-state index contributed by atoms with van der Waals surface area (Å²) in [6.07, 6.45) is 1.14. The molecule has 0 bridgehead atoms. The van der Waals surface area contributed by atoms with Crippen molar-refractivity contribution < 1.29 is 4.74 Å². The predicted molar refractivity (Wildman–Crippen MR) is 77.7 cm³/mol. The maximum atomic E-state index is 5.86. The highest BCUT2D eigenvalue weighted by Gasteiger charge is 2.16. The fourth-order valence-electron chi connectivity index (χ4n) is 2.16. The summed E-state index contributed by atoms with van der Waals surface area (Å²) < 4.78 is 5.69. The van der Waals surface area contributed by atoms with Crippen LogP contribution in [0.1, 0.15) is 6.42 Å². The summed E-state index contributed by atoms with van der Waals surface area (Å²) >= 11 is 0. The molecule has 0 amide bonds. The van der Waals surface area contributed by atoms with Crippen molar-refractivity contribution in [2.24, 2.45) is 5.92 Å². The normalized spacial score (nSPS) is 18.2. The van der Waals surface area contributed by atoms with Crippen LogP contribution in [0.5, 0.6) is 5.88 Å². The Kier molecular flexibility index (Phi) is 4.39. The van der Waals surface area contributed by atoms with Gasteiger partial charge in [-0.1, -0.05) is 12.1 Å². The summed E-state index contributed by atoms with van der Waals surface area (Å²) in [6, 6.07) is 7.65. The van der Waals surface area contributed by atoms with Gasteiger partial charge < -0.3 is 15.8 Å². The highest BCUT2D eigenvalue weighted by Crippen LogP contribution is 2.21. The second kappa shape index (κ2) is 6.04. The zero-order valence-corrected chi connectivity index (χ0v) is 11.3. The summed E-state index contributed by atoms with van der Waals surface area (Å²) in [5.41, 5.74) is 7.46. The van der Waals surface area contributed by atoms with Gasteiger partial charge in [-0.2, -0.15) is 0 Å². The number of nitrogen functional groups attached to an aromatic ring is 1. The summed E-state index contributed by atoms with van der Waals surface area (Å²) in [4.78, 5) is 8.70. The van der Waals surface area contributed by atoms with Gasteiger partial charge in [0, 0.05) is 12.5 Å². The number of hydrogen-bond donors (Lipinski definition) is 2. The highest BCUT2D eigenvalue weighted by atomic mass is 35.5. The molecule has 3 N–H and O–H groups in total. The lowest BCUT2D eigenvalue weighted by molar-refractivity contribution is 0.252. The Morgan fingerprint density at radius 2 is 2.00 bits per heavy atom. The molecule has 19 heavy (non-hydrogen) atoms. The molecule has 5 nitrogen and oxygen atoms in total. The van der Waals surface area contributed by atoms with Crippen molar-refractivity contribution in [1.29, 1.82) is 0 Å². The number of ether oxygens (including phenoxy) is 1. The number of nitrogens with one attached hydrogen (secondary N) is 1. The van der Waals surface area contributed by atoms with Crippen LogP contribution in [0.3, 0.4) is 0 Å². The van der Waals surface area contributed by atoms with E-state index in [1.165, 1.54) is 0 Å². The number of benzene rings is 1. The van der Waals surface area contributed by atoms with E-state index in [1.807, 2.05) is 24.3 Å². The van der Waals surface area contributed by atoms with Crippen LogP contribution in [0.15, 0.2) is 24.3 Å². The van der Waals surface area contributed by atoms with E-state index >= 15 is 0 Å². The monoisotopic (exact) mass is 280 g/mol. The van der Waals surface area contributed by atoms with Gasteiger partial charge in [0.05, 0.1) is 17.6 Å². The van der Waals surface area contributed by atoms with E-state index in [1.54, 1.807) is 0 Å². The van der Waals surface area contributed by atoms with Crippen LogP contribution < -0.4 is 15.8 Å². The minimum Gasteiger partial charge on any atom is -0.475 e. The number of para-hydroxylation sites is 2. The fraction of sp³-hybridized carbons (Fsp3) is 0.385. The zero-order valence-electron chi connectivity index (χ0n) is 10.5. The SMILES string of the molecule is Cl.Nc1nc2ccccc2nc1OCC1CCNC1. The molecule has 1 aromatic heterocycles. The van der Waals surface area contributed by atoms with E-state index in [0.717, 1.165) is 30.5 Å². The molecular formula is C13H17ClN4O. The predicted octanol–water partition coefficient (Wildman–Crippen LogP) is 1.62. The van der Waals surface area contributed by atoms with E-state index in [0.29, 0.717) is 24.2 Å². The van der Waals surface area contributed by atoms with Gasteiger partial charge in [-0.25, -0.2) is 9.97 Å². The molecule has 1 aliphatic heterocycles. The molecule has 2 heterocycles. The molecule has 3 rings (SSSR count). The van der Waals surface area contributed by atoms with Gasteiger partial charge >= 0.3 is 0 Å². The molecule has 0 saturated carbocycles. The Balaban J connectivity index is 0.00000133. The molecule has 0 aliphatic carbocycles. The van der Waals surface area contributed by atoms with E-state index in [-0.39, 0.29) is 12.4 Å². The highest BCUT2D eigenvalue weighted by molar-refractivity contribution is 5.85. The third-order valence-corrected chi connectivity index (χ3v) is 3.18. The molecule has 2 aromatic rings. The first-order chi connectivity index (χ1) is 8.83. The molecule has 1 aliphatic rings. The van der Waals surface area contributed by atoms with Crippen LogP contribution in [-0.4, -0.2) is 29.7 Å². The van der Waals surface area contributed by atoms with Gasteiger partial charge in [-0.3, -0.25) is 0 Å². The molecule has 0 radical (unpaired) electrons. The van der Waals surface area contributed by atoms with Crippen LogP contribution in [0, 0.1) is 5.92 Å². The number of halogens is 1. The number of aromatic nitrogens is 2. The van der Waals surface area contributed by atoms with Crippen molar-refractivity contribution in [3.63, 3.8) is 0 Å². The van der Waals surface area contributed by atoms with Crippen molar-refractivity contribution in [3.8, 4) is 5.88 Å². The Morgan fingerprint density at radius 1 is 1.26 bits per heavy atom. The third kappa shape index (κ3) is 3.05. The topological polar surface area (TPSA) is 73.1 Å². The van der Waals surface area contributed by atoms with E-state index in [4.69, 9.17) is 10.5 Å². The quantitative estimate of drug-likeness (QED) is 0.894. The molecule has 1 aromatic carbocycles. The summed E-state index contributed by atoms with van der Waals surface area (Å²) in [6.45, 7) is 2.71. The molecule has 0 spiro atoms. The van der Waals surface area contributed by atoms with Crippen molar-refractivity contribution in [2.45, 2.75) is 6.42 Å². The van der Waals surface area contributed by atoms with Crippen LogP contribution in [0.25, 0.3) is 11.0 Å². The first-order valence-corrected chi connectivity index (χ1v) is 6.19. The minimum absolute atomic E-state index is 0. The van der Waals surface area contributed by atoms with Crippen molar-refractivity contribution in [1.82, 2.24) is 15.3 Å². The molecule has 1 fully saturated rings. The Hall–Kier alpha value is -1.59. The smallest absolute Gasteiger partial charge is 0.257 e. The number of anilines is 1. The van der Waals surface area contributed by atoms with Crippen LogP contribution in [0.2, 0.25) is 0 Å². The van der Waals surface area contributed by atoms with E-state index in [2.05, 4.69) is 15.3 Å². The first-order valence-electron chi connectivity index (χ1n) is 6.19. The minimum atomic E-state index is 0. The largest absolute Gasteiger partial charge is 0.475 e. The number of nitrogens with two attached hydrogens (primary N) is 1. The van der Waals surface area contributed by atoms with Gasteiger partial charge in [-0.15, -0.1) is 12.4 Å². The van der Waals surface area contributed by atoms with Gasteiger partial charge in [0.25, 0.3) is 5.88 Å². The number of hydrogen-bond acceptors (Lipinski definition) is 5. The van der Waals surface area contributed by atoms with Crippen molar-refractivity contribution in [2.75, 3.05) is 25.4 Å². The van der Waals surface area contributed by atoms with Gasteiger partial charge in [0.1, 0.15) is 0 Å². The first kappa shape index (κ1) is 13.8. The van der Waals surface area contributed by atoms with Crippen LogP contribution >= 0.6 is 12.4 Å². The average molecular weight is 281 g/mol. The molecular weight excluding hydrogens is 264 g/mol. The summed E-state index contributed by atoms with van der Waals surface area (Å²) in [5, 5.41) is 3.31. The number of rotatable bonds is 3. The lowest BCUT2D eigenvalue weighted by Gasteiger charge is -2.11. The Bertz CT molecular complexity index is 557. The number of nitrogens with zero attached hydrogens (tertiary/aromatic N) is 2. The lowest BCUT2D eigenvalue weighted by Crippen LogP contribution is -2.16. The van der Waals surface area contributed by atoms with Gasteiger partial charge in [-0.05, 0) is 25.1 Å². The maximum Gasteiger partial charge on any atom is 0.257 e. The Morgan fingerprint density at radius 3 is 2.68 bits per heavy atom. The van der Waals surface area contributed by atoms with E-state index < -0.39 is 0 Å². The molecule has 1 unspecified atom stereocenters. The summed E-state index contributed by atoms with van der Waals surface area (Å²) in [5.74, 6) is 1.35.